The average Bonchev–Trinajstić information content (AvgIpc) is 3.31. The number of likely N-dealkylation sites (tertiary alicyclic amines) is 1. The summed E-state index contributed by atoms with van der Waals surface area (Å²) in [7, 11) is 0. The van der Waals surface area contributed by atoms with E-state index in [9.17, 15) is 4.79 Å². The molecule has 3 aliphatic rings. The molecule has 2 saturated heterocycles. The summed E-state index contributed by atoms with van der Waals surface area (Å²) >= 11 is 0. The van der Waals surface area contributed by atoms with Gasteiger partial charge in [0.2, 0.25) is 5.91 Å². The predicted octanol–water partition coefficient (Wildman–Crippen LogP) is 2.37. The van der Waals surface area contributed by atoms with Gasteiger partial charge in [-0.25, -0.2) is 0 Å². The number of piperidine rings is 2. The Balaban J connectivity index is 1.52. The van der Waals surface area contributed by atoms with Gasteiger partial charge < -0.3 is 9.80 Å². The number of amides is 1. The number of aryl methyl sites for hydroxylation is 1. The second kappa shape index (κ2) is 5.00. The van der Waals surface area contributed by atoms with Crippen LogP contribution in [0.25, 0.3) is 0 Å². The van der Waals surface area contributed by atoms with Crippen LogP contribution in [0.2, 0.25) is 0 Å². The number of rotatable bonds is 2. The van der Waals surface area contributed by atoms with E-state index in [-0.39, 0.29) is 0 Å². The molecule has 2 unspecified atom stereocenters. The summed E-state index contributed by atoms with van der Waals surface area (Å²) < 4.78 is 0. The molecule has 0 bridgehead atoms. The van der Waals surface area contributed by atoms with Gasteiger partial charge in [0.15, 0.2) is 0 Å². The molecular weight excluding hydrogens is 262 g/mol. The first kappa shape index (κ1) is 13.1. The number of anilines is 1. The quantitative estimate of drug-likeness (QED) is 0.837. The van der Waals surface area contributed by atoms with Crippen molar-refractivity contribution in [2.45, 2.75) is 51.1 Å². The van der Waals surface area contributed by atoms with Crippen molar-refractivity contribution >= 4 is 11.6 Å². The first-order chi connectivity index (χ1) is 10.2. The van der Waals surface area contributed by atoms with E-state index >= 15 is 0 Å². The highest BCUT2D eigenvalue weighted by molar-refractivity contribution is 5.78. The zero-order valence-corrected chi connectivity index (χ0v) is 12.7. The zero-order valence-electron chi connectivity index (χ0n) is 12.7. The predicted molar refractivity (Wildman–Crippen MR) is 82.2 cm³/mol. The molecule has 112 valence electrons. The van der Waals surface area contributed by atoms with Crippen LogP contribution in [-0.4, -0.2) is 41.0 Å². The SMILES string of the molecule is Cc1cc(N2CCC3C(CCC(=O)N3C3CC3)C2)ccn1. The summed E-state index contributed by atoms with van der Waals surface area (Å²) in [5.41, 5.74) is 2.36. The fourth-order valence-electron chi connectivity index (χ4n) is 4.08. The second-order valence-electron chi connectivity index (χ2n) is 6.79. The topological polar surface area (TPSA) is 36.4 Å². The molecule has 0 aromatic carbocycles. The molecule has 3 fully saturated rings. The van der Waals surface area contributed by atoms with Crippen LogP contribution >= 0.6 is 0 Å². The van der Waals surface area contributed by atoms with Crippen LogP contribution in [0, 0.1) is 12.8 Å². The smallest absolute Gasteiger partial charge is 0.223 e. The van der Waals surface area contributed by atoms with E-state index in [4.69, 9.17) is 0 Å². The third kappa shape index (κ3) is 2.41. The molecule has 4 rings (SSSR count). The van der Waals surface area contributed by atoms with Gasteiger partial charge in [-0.2, -0.15) is 0 Å². The number of aromatic nitrogens is 1. The minimum absolute atomic E-state index is 0.409. The molecule has 2 atom stereocenters. The maximum absolute atomic E-state index is 12.2. The highest BCUT2D eigenvalue weighted by Crippen LogP contribution is 2.39. The summed E-state index contributed by atoms with van der Waals surface area (Å²) in [6.07, 6.45) is 7.28. The van der Waals surface area contributed by atoms with E-state index in [1.165, 1.54) is 18.5 Å². The third-order valence-corrected chi connectivity index (χ3v) is 5.25. The summed E-state index contributed by atoms with van der Waals surface area (Å²) in [6, 6.07) is 5.35. The number of fused-ring (bicyclic) bond motifs is 1. The van der Waals surface area contributed by atoms with Gasteiger partial charge in [0.25, 0.3) is 0 Å². The van der Waals surface area contributed by atoms with Crippen molar-refractivity contribution in [3.05, 3.63) is 24.0 Å². The Kier molecular flexibility index (Phi) is 3.12. The van der Waals surface area contributed by atoms with E-state index in [0.717, 1.165) is 38.0 Å². The lowest BCUT2D eigenvalue weighted by atomic mass is 9.83. The molecular formula is C17H23N3O. The molecule has 4 nitrogen and oxygen atoms in total. The molecule has 0 radical (unpaired) electrons. The normalized spacial score (nSPS) is 29.5. The van der Waals surface area contributed by atoms with Crippen LogP contribution < -0.4 is 4.90 Å². The lowest BCUT2D eigenvalue weighted by Gasteiger charge is -2.48. The second-order valence-corrected chi connectivity index (χ2v) is 6.79. The Morgan fingerprint density at radius 1 is 1.24 bits per heavy atom. The zero-order chi connectivity index (χ0) is 14.4. The van der Waals surface area contributed by atoms with Crippen molar-refractivity contribution < 1.29 is 4.79 Å². The van der Waals surface area contributed by atoms with E-state index < -0.39 is 0 Å². The number of pyridine rings is 1. The monoisotopic (exact) mass is 285 g/mol. The molecule has 1 amide bonds. The maximum atomic E-state index is 12.2. The van der Waals surface area contributed by atoms with Crippen LogP contribution in [0.5, 0.6) is 0 Å². The number of carbonyl (C=O) groups excluding carboxylic acids is 1. The fraction of sp³-hybridized carbons (Fsp3) is 0.647. The molecule has 3 heterocycles. The largest absolute Gasteiger partial charge is 0.371 e. The van der Waals surface area contributed by atoms with Crippen LogP contribution in [0.4, 0.5) is 5.69 Å². The average molecular weight is 285 g/mol. The number of carbonyl (C=O) groups is 1. The first-order valence-electron chi connectivity index (χ1n) is 8.21. The third-order valence-electron chi connectivity index (χ3n) is 5.25. The summed E-state index contributed by atoms with van der Waals surface area (Å²) in [5.74, 6) is 1.05. The van der Waals surface area contributed by atoms with Crippen molar-refractivity contribution in [3.8, 4) is 0 Å². The molecule has 0 N–H and O–H groups in total. The van der Waals surface area contributed by atoms with Crippen LogP contribution in [0.1, 0.15) is 37.8 Å². The van der Waals surface area contributed by atoms with Crippen molar-refractivity contribution in [1.82, 2.24) is 9.88 Å². The molecule has 1 aromatic heterocycles. The maximum Gasteiger partial charge on any atom is 0.223 e. The lowest BCUT2D eigenvalue weighted by molar-refractivity contribution is -0.140. The van der Waals surface area contributed by atoms with E-state index in [2.05, 4.69) is 26.9 Å². The highest BCUT2D eigenvalue weighted by atomic mass is 16.2. The minimum Gasteiger partial charge on any atom is -0.371 e. The van der Waals surface area contributed by atoms with Crippen LogP contribution in [0.15, 0.2) is 18.3 Å². The summed E-state index contributed by atoms with van der Waals surface area (Å²) in [4.78, 5) is 21.3. The van der Waals surface area contributed by atoms with E-state index in [1.54, 1.807) is 0 Å². The Morgan fingerprint density at radius 2 is 2.10 bits per heavy atom. The van der Waals surface area contributed by atoms with Gasteiger partial charge in [0, 0.05) is 49.2 Å². The van der Waals surface area contributed by atoms with Gasteiger partial charge in [0.1, 0.15) is 0 Å². The number of nitrogens with zero attached hydrogens (tertiary/aromatic N) is 3. The summed E-state index contributed by atoms with van der Waals surface area (Å²) in [5, 5.41) is 0. The Morgan fingerprint density at radius 3 is 2.86 bits per heavy atom. The van der Waals surface area contributed by atoms with Gasteiger partial charge in [-0.3, -0.25) is 9.78 Å². The van der Waals surface area contributed by atoms with E-state index in [1.807, 2.05) is 13.1 Å². The number of hydrogen-bond acceptors (Lipinski definition) is 3. The number of hydrogen-bond donors (Lipinski definition) is 0. The standard InChI is InChI=1S/C17H23N3O/c1-12-10-15(6-8-18-12)19-9-7-16-13(11-19)2-5-17(21)20(16)14-3-4-14/h6,8,10,13-14,16H,2-5,7,9,11H2,1H3. The fourth-order valence-corrected chi connectivity index (χ4v) is 4.08. The van der Waals surface area contributed by atoms with Crippen LogP contribution in [0.3, 0.4) is 0 Å². The molecule has 4 heteroatoms. The van der Waals surface area contributed by atoms with Gasteiger partial charge in [0.05, 0.1) is 0 Å². The first-order valence-corrected chi connectivity index (χ1v) is 8.21. The van der Waals surface area contributed by atoms with Crippen molar-refractivity contribution in [2.24, 2.45) is 5.92 Å². The molecule has 2 aliphatic heterocycles. The molecule has 1 aliphatic carbocycles. The minimum atomic E-state index is 0.409. The highest BCUT2D eigenvalue weighted by Gasteiger charge is 2.45. The summed E-state index contributed by atoms with van der Waals surface area (Å²) in [6.45, 7) is 4.19. The molecule has 1 saturated carbocycles. The van der Waals surface area contributed by atoms with Crippen molar-refractivity contribution in [1.29, 1.82) is 0 Å². The van der Waals surface area contributed by atoms with Gasteiger partial charge in [-0.1, -0.05) is 0 Å². The molecule has 21 heavy (non-hydrogen) atoms. The van der Waals surface area contributed by atoms with Gasteiger partial charge in [-0.05, 0) is 50.7 Å². The van der Waals surface area contributed by atoms with Crippen molar-refractivity contribution in [2.75, 3.05) is 18.0 Å². The van der Waals surface area contributed by atoms with Crippen molar-refractivity contribution in [3.63, 3.8) is 0 Å². The Bertz CT molecular complexity index is 555. The Labute approximate surface area is 126 Å². The van der Waals surface area contributed by atoms with Gasteiger partial charge in [-0.15, -0.1) is 0 Å². The molecule has 1 aromatic rings. The van der Waals surface area contributed by atoms with E-state index in [0.29, 0.717) is 23.9 Å². The Hall–Kier alpha value is -1.58. The van der Waals surface area contributed by atoms with Crippen LogP contribution in [-0.2, 0) is 4.79 Å². The molecule has 0 spiro atoms. The lowest BCUT2D eigenvalue weighted by Crippen LogP contribution is -2.56. The van der Waals surface area contributed by atoms with Gasteiger partial charge >= 0.3 is 0 Å².